The molecular formula is C33H36N8O3. The number of hydrogen-bond donors (Lipinski definition) is 2. The molecule has 0 spiro atoms. The van der Waals surface area contributed by atoms with Gasteiger partial charge in [0.15, 0.2) is 0 Å². The number of carbonyl (C=O) groups excluding carboxylic acids is 2. The Bertz CT molecular complexity index is 1620. The van der Waals surface area contributed by atoms with Gasteiger partial charge in [-0.25, -0.2) is 14.8 Å². The topological polar surface area (TPSA) is 138 Å². The highest BCUT2D eigenvalue weighted by molar-refractivity contribution is 5.95. The Morgan fingerprint density at radius 2 is 1.80 bits per heavy atom. The van der Waals surface area contributed by atoms with Gasteiger partial charge in [0, 0.05) is 36.6 Å². The van der Waals surface area contributed by atoms with Gasteiger partial charge in [-0.2, -0.15) is 10.4 Å². The van der Waals surface area contributed by atoms with Crippen molar-refractivity contribution in [3.8, 4) is 17.3 Å². The van der Waals surface area contributed by atoms with Gasteiger partial charge in [-0.05, 0) is 48.9 Å². The minimum Gasteiger partial charge on any atom is -0.445 e. The summed E-state index contributed by atoms with van der Waals surface area (Å²) in [5.41, 5.74) is 4.67. The first-order chi connectivity index (χ1) is 21.3. The molecule has 2 N–H and O–H groups in total. The van der Waals surface area contributed by atoms with Gasteiger partial charge in [0.05, 0.1) is 29.7 Å². The number of amides is 2. The standard InChI is InChI=1S/C33H36N8O3/c1-22(2)29(17-34)38-31(42)26-11-9-25(10-12-26)30-23(3)18-35-32(39-30)37-27-19-36-41(20-27)28-13-15-40(16-14-28)33(43)44-21-24-7-5-4-6-8-24/h4-12,18-20,22,28-29H,13-16,21H2,1-3H3,(H,38,42)(H,35,37,39)/t29-/m1/s1. The third-order valence-corrected chi connectivity index (χ3v) is 7.64. The van der Waals surface area contributed by atoms with Crippen molar-refractivity contribution in [2.75, 3.05) is 18.4 Å². The molecule has 2 amide bonds. The Labute approximate surface area is 256 Å². The van der Waals surface area contributed by atoms with E-state index in [4.69, 9.17) is 9.72 Å². The number of carbonyl (C=O) groups is 2. The van der Waals surface area contributed by atoms with Gasteiger partial charge in [0.25, 0.3) is 5.91 Å². The van der Waals surface area contributed by atoms with Crippen molar-refractivity contribution in [2.45, 2.75) is 52.3 Å². The minimum absolute atomic E-state index is 0.0130. The summed E-state index contributed by atoms with van der Waals surface area (Å²) in [6.45, 7) is 7.18. The number of nitrogens with one attached hydrogen (secondary N) is 2. The number of aromatic nitrogens is 4. The predicted octanol–water partition coefficient (Wildman–Crippen LogP) is 5.64. The molecule has 44 heavy (non-hydrogen) atoms. The van der Waals surface area contributed by atoms with E-state index in [0.29, 0.717) is 24.6 Å². The fourth-order valence-corrected chi connectivity index (χ4v) is 5.00. The molecule has 2 aromatic carbocycles. The van der Waals surface area contributed by atoms with Gasteiger partial charge < -0.3 is 20.3 Å². The van der Waals surface area contributed by atoms with E-state index in [1.54, 1.807) is 29.4 Å². The van der Waals surface area contributed by atoms with Gasteiger partial charge in [0.2, 0.25) is 5.95 Å². The Morgan fingerprint density at radius 3 is 2.48 bits per heavy atom. The molecule has 2 aromatic heterocycles. The molecule has 1 aliphatic rings. The smallest absolute Gasteiger partial charge is 0.410 e. The minimum atomic E-state index is -0.550. The number of nitrogens with zero attached hydrogens (tertiary/aromatic N) is 6. The molecule has 11 nitrogen and oxygen atoms in total. The summed E-state index contributed by atoms with van der Waals surface area (Å²) in [4.78, 5) is 36.0. The number of anilines is 2. The molecule has 1 atom stereocenters. The van der Waals surface area contributed by atoms with Crippen molar-refractivity contribution in [2.24, 2.45) is 5.92 Å². The summed E-state index contributed by atoms with van der Waals surface area (Å²) in [5, 5.41) is 19.8. The molecule has 1 saturated heterocycles. The fourth-order valence-electron chi connectivity index (χ4n) is 5.00. The normalized spacial score (nSPS) is 14.1. The van der Waals surface area contributed by atoms with Gasteiger partial charge in [-0.1, -0.05) is 56.3 Å². The molecule has 3 heterocycles. The van der Waals surface area contributed by atoms with Crippen LogP contribution in [0.4, 0.5) is 16.4 Å². The molecule has 0 radical (unpaired) electrons. The molecule has 5 rings (SSSR count). The van der Waals surface area contributed by atoms with Crippen molar-refractivity contribution < 1.29 is 14.3 Å². The summed E-state index contributed by atoms with van der Waals surface area (Å²) >= 11 is 0. The van der Waals surface area contributed by atoms with Crippen LogP contribution >= 0.6 is 0 Å². The van der Waals surface area contributed by atoms with Crippen LogP contribution in [0.15, 0.2) is 73.2 Å². The van der Waals surface area contributed by atoms with Crippen LogP contribution in [0.25, 0.3) is 11.3 Å². The van der Waals surface area contributed by atoms with E-state index in [1.807, 2.05) is 74.1 Å². The molecule has 226 valence electrons. The zero-order valence-electron chi connectivity index (χ0n) is 25.1. The number of hydrogen-bond acceptors (Lipinski definition) is 8. The highest BCUT2D eigenvalue weighted by Gasteiger charge is 2.25. The molecule has 0 saturated carbocycles. The largest absolute Gasteiger partial charge is 0.445 e. The van der Waals surface area contributed by atoms with E-state index in [-0.39, 0.29) is 30.6 Å². The van der Waals surface area contributed by atoms with Crippen molar-refractivity contribution in [1.29, 1.82) is 5.26 Å². The summed E-state index contributed by atoms with van der Waals surface area (Å²) in [6.07, 6.45) is 6.67. The molecule has 1 aliphatic heterocycles. The lowest BCUT2D eigenvalue weighted by Crippen LogP contribution is -2.39. The summed E-state index contributed by atoms with van der Waals surface area (Å²) in [7, 11) is 0. The Balaban J connectivity index is 1.17. The number of aryl methyl sites for hydroxylation is 1. The number of likely N-dealkylation sites (tertiary alicyclic amines) is 1. The second kappa shape index (κ2) is 13.8. The van der Waals surface area contributed by atoms with Crippen LogP contribution in [0, 0.1) is 24.2 Å². The lowest BCUT2D eigenvalue weighted by Gasteiger charge is -2.31. The van der Waals surface area contributed by atoms with Crippen LogP contribution in [-0.4, -0.2) is 55.8 Å². The number of nitriles is 1. The second-order valence-corrected chi connectivity index (χ2v) is 11.2. The maximum absolute atomic E-state index is 12.6. The van der Waals surface area contributed by atoms with E-state index < -0.39 is 6.04 Å². The third kappa shape index (κ3) is 7.39. The average Bonchev–Trinajstić information content (AvgIpc) is 3.52. The Kier molecular flexibility index (Phi) is 9.49. The maximum atomic E-state index is 12.6. The van der Waals surface area contributed by atoms with E-state index >= 15 is 0 Å². The van der Waals surface area contributed by atoms with Crippen molar-refractivity contribution in [1.82, 2.24) is 30.0 Å². The zero-order valence-corrected chi connectivity index (χ0v) is 25.1. The Morgan fingerprint density at radius 1 is 1.07 bits per heavy atom. The van der Waals surface area contributed by atoms with Crippen LogP contribution in [0.3, 0.4) is 0 Å². The van der Waals surface area contributed by atoms with Gasteiger partial charge in [0.1, 0.15) is 12.6 Å². The summed E-state index contributed by atoms with van der Waals surface area (Å²) < 4.78 is 7.40. The second-order valence-electron chi connectivity index (χ2n) is 11.2. The SMILES string of the molecule is Cc1cnc(Nc2cnn(C3CCN(C(=O)OCc4ccccc4)CC3)c2)nc1-c1ccc(C(=O)N[C@H](C#N)C(C)C)cc1. The van der Waals surface area contributed by atoms with Crippen LogP contribution < -0.4 is 10.6 Å². The quantitative estimate of drug-likeness (QED) is 0.255. The molecule has 0 bridgehead atoms. The average molecular weight is 593 g/mol. The number of piperidine rings is 1. The predicted molar refractivity (Wildman–Crippen MR) is 166 cm³/mol. The first-order valence-corrected chi connectivity index (χ1v) is 14.7. The van der Waals surface area contributed by atoms with Crippen LogP contribution in [0.5, 0.6) is 0 Å². The van der Waals surface area contributed by atoms with Crippen LogP contribution in [0.2, 0.25) is 0 Å². The van der Waals surface area contributed by atoms with Gasteiger partial charge in [-0.3, -0.25) is 9.48 Å². The van der Waals surface area contributed by atoms with Crippen molar-refractivity contribution in [3.63, 3.8) is 0 Å². The highest BCUT2D eigenvalue weighted by atomic mass is 16.6. The van der Waals surface area contributed by atoms with E-state index in [1.165, 1.54) is 0 Å². The number of ether oxygens (including phenoxy) is 1. The molecule has 11 heteroatoms. The van der Waals surface area contributed by atoms with Crippen LogP contribution in [-0.2, 0) is 11.3 Å². The van der Waals surface area contributed by atoms with Crippen molar-refractivity contribution in [3.05, 3.63) is 89.9 Å². The number of benzene rings is 2. The number of rotatable bonds is 9. The molecular weight excluding hydrogens is 556 g/mol. The van der Waals surface area contributed by atoms with Crippen LogP contribution in [0.1, 0.15) is 54.2 Å². The first kappa shape index (κ1) is 30.2. The summed E-state index contributed by atoms with van der Waals surface area (Å²) in [6, 6.07) is 18.5. The molecule has 4 aromatic rings. The van der Waals surface area contributed by atoms with E-state index in [9.17, 15) is 14.9 Å². The fraction of sp³-hybridized carbons (Fsp3) is 0.333. The Hall–Kier alpha value is -5.24. The first-order valence-electron chi connectivity index (χ1n) is 14.7. The highest BCUT2D eigenvalue weighted by Crippen LogP contribution is 2.26. The maximum Gasteiger partial charge on any atom is 0.410 e. The van der Waals surface area contributed by atoms with Crippen molar-refractivity contribution >= 4 is 23.6 Å². The monoisotopic (exact) mass is 592 g/mol. The lowest BCUT2D eigenvalue weighted by atomic mass is 10.0. The summed E-state index contributed by atoms with van der Waals surface area (Å²) in [5.74, 6) is 0.153. The molecule has 0 unspecified atom stereocenters. The van der Waals surface area contributed by atoms with E-state index in [2.05, 4.69) is 26.8 Å². The molecule has 0 aliphatic carbocycles. The van der Waals surface area contributed by atoms with E-state index in [0.717, 1.165) is 40.9 Å². The molecule has 1 fully saturated rings. The third-order valence-electron chi connectivity index (χ3n) is 7.64. The zero-order chi connectivity index (χ0) is 31.1. The van der Waals surface area contributed by atoms with Gasteiger partial charge >= 0.3 is 6.09 Å². The van der Waals surface area contributed by atoms with Gasteiger partial charge in [-0.15, -0.1) is 0 Å². The lowest BCUT2D eigenvalue weighted by molar-refractivity contribution is 0.0821.